The average Bonchev–Trinajstić information content (AvgIpc) is 2.77. The molecule has 1 atom stereocenters. The number of ether oxygens (including phenoxy) is 3. The number of methoxy groups -OCH3 is 1. The lowest BCUT2D eigenvalue weighted by Crippen LogP contribution is -2.43. The molecule has 23 heavy (non-hydrogen) atoms. The Morgan fingerprint density at radius 1 is 1.39 bits per heavy atom. The molecule has 0 aliphatic carbocycles. The molecule has 0 fully saturated rings. The molecular formula is C16H24ClN3O3. The zero-order valence-corrected chi connectivity index (χ0v) is 14.6. The number of nitrogens with one attached hydrogen (secondary N) is 2. The van der Waals surface area contributed by atoms with Gasteiger partial charge in [-0.05, 0) is 24.6 Å². The smallest absolute Gasteiger partial charge is 0.191 e. The van der Waals surface area contributed by atoms with Crippen LogP contribution in [-0.2, 0) is 11.3 Å². The number of hydrogen-bond acceptors (Lipinski definition) is 4. The van der Waals surface area contributed by atoms with Crippen molar-refractivity contribution in [2.75, 3.05) is 34.0 Å². The van der Waals surface area contributed by atoms with Gasteiger partial charge in [0.1, 0.15) is 0 Å². The highest BCUT2D eigenvalue weighted by Gasteiger charge is 2.15. The Balaban J connectivity index is 2.00. The summed E-state index contributed by atoms with van der Waals surface area (Å²) in [6, 6.07) is 4.00. The molecule has 6 nitrogen and oxygen atoms in total. The van der Waals surface area contributed by atoms with Gasteiger partial charge in [0, 0.05) is 33.2 Å². The van der Waals surface area contributed by atoms with Gasteiger partial charge in [0.25, 0.3) is 0 Å². The van der Waals surface area contributed by atoms with E-state index in [4.69, 9.17) is 25.8 Å². The molecule has 1 aliphatic heterocycles. The highest BCUT2D eigenvalue weighted by atomic mass is 35.5. The second-order valence-electron chi connectivity index (χ2n) is 5.38. The zero-order valence-electron chi connectivity index (χ0n) is 13.8. The van der Waals surface area contributed by atoms with Crippen LogP contribution in [0.3, 0.4) is 0 Å². The Bertz CT molecular complexity index is 552. The second kappa shape index (κ2) is 8.84. The molecule has 0 radical (unpaired) electrons. The number of hydrogen-bond donors (Lipinski definition) is 2. The van der Waals surface area contributed by atoms with Crippen LogP contribution >= 0.6 is 11.6 Å². The summed E-state index contributed by atoms with van der Waals surface area (Å²) in [6.07, 6.45) is 0.854. The number of benzene rings is 1. The van der Waals surface area contributed by atoms with Crippen LogP contribution in [0, 0.1) is 0 Å². The zero-order chi connectivity index (χ0) is 16.7. The van der Waals surface area contributed by atoms with Crippen LogP contribution in [0.1, 0.15) is 18.9 Å². The van der Waals surface area contributed by atoms with Gasteiger partial charge in [0.15, 0.2) is 17.5 Å². The van der Waals surface area contributed by atoms with Crippen molar-refractivity contribution < 1.29 is 14.2 Å². The van der Waals surface area contributed by atoms with Crippen LogP contribution in [0.25, 0.3) is 0 Å². The van der Waals surface area contributed by atoms with Crippen molar-refractivity contribution in [3.8, 4) is 11.5 Å². The van der Waals surface area contributed by atoms with E-state index in [0.717, 1.165) is 12.0 Å². The topological polar surface area (TPSA) is 64.1 Å². The summed E-state index contributed by atoms with van der Waals surface area (Å²) in [4.78, 5) is 4.20. The lowest BCUT2D eigenvalue weighted by molar-refractivity contribution is 0.179. The van der Waals surface area contributed by atoms with Crippen molar-refractivity contribution in [1.29, 1.82) is 0 Å². The van der Waals surface area contributed by atoms with Crippen molar-refractivity contribution in [1.82, 2.24) is 10.6 Å². The third-order valence-electron chi connectivity index (χ3n) is 3.35. The lowest BCUT2D eigenvalue weighted by atomic mass is 10.2. The van der Waals surface area contributed by atoms with Gasteiger partial charge in [0.05, 0.1) is 24.8 Å². The number of aliphatic imine (C=N–C) groups is 1. The van der Waals surface area contributed by atoms with E-state index in [9.17, 15) is 0 Å². The summed E-state index contributed by atoms with van der Waals surface area (Å²) in [5.41, 5.74) is 1.00. The molecule has 128 valence electrons. The Kier molecular flexibility index (Phi) is 6.80. The summed E-state index contributed by atoms with van der Waals surface area (Å²) in [6.45, 7) is 4.48. The molecule has 0 aromatic heterocycles. The number of rotatable bonds is 5. The summed E-state index contributed by atoms with van der Waals surface area (Å²) >= 11 is 6.30. The van der Waals surface area contributed by atoms with E-state index in [0.29, 0.717) is 48.8 Å². The van der Waals surface area contributed by atoms with E-state index >= 15 is 0 Å². The summed E-state index contributed by atoms with van der Waals surface area (Å²) in [7, 11) is 3.41. The maximum atomic E-state index is 6.30. The fourth-order valence-electron chi connectivity index (χ4n) is 2.29. The van der Waals surface area contributed by atoms with Gasteiger partial charge in [0.2, 0.25) is 0 Å². The normalized spacial score (nSPS) is 15.7. The predicted octanol–water partition coefficient (Wildman–Crippen LogP) is 2.20. The number of fused-ring (bicyclic) bond motifs is 1. The average molecular weight is 342 g/mol. The summed E-state index contributed by atoms with van der Waals surface area (Å²) < 4.78 is 16.4. The number of halogens is 1. The minimum absolute atomic E-state index is 0.165. The molecule has 7 heteroatoms. The van der Waals surface area contributed by atoms with Crippen molar-refractivity contribution in [3.63, 3.8) is 0 Å². The SMILES string of the molecule is CN=C(NCc1cc(Cl)c2c(c1)OCCCO2)NC(C)COC. The van der Waals surface area contributed by atoms with E-state index in [1.54, 1.807) is 14.2 Å². The van der Waals surface area contributed by atoms with Gasteiger partial charge in [-0.25, -0.2) is 0 Å². The van der Waals surface area contributed by atoms with Gasteiger partial charge in [-0.15, -0.1) is 0 Å². The largest absolute Gasteiger partial charge is 0.489 e. The summed E-state index contributed by atoms with van der Waals surface area (Å²) in [5, 5.41) is 7.07. The van der Waals surface area contributed by atoms with Crippen molar-refractivity contribution in [2.24, 2.45) is 4.99 Å². The molecule has 1 aromatic carbocycles. The molecule has 0 amide bonds. The van der Waals surface area contributed by atoms with Crippen LogP contribution in [0.15, 0.2) is 17.1 Å². The Morgan fingerprint density at radius 2 is 2.17 bits per heavy atom. The van der Waals surface area contributed by atoms with Gasteiger partial charge in [-0.1, -0.05) is 11.6 Å². The first-order valence-electron chi connectivity index (χ1n) is 7.68. The summed E-state index contributed by atoms with van der Waals surface area (Å²) in [5.74, 6) is 2.03. The van der Waals surface area contributed by atoms with Crippen molar-refractivity contribution >= 4 is 17.6 Å². The van der Waals surface area contributed by atoms with Gasteiger partial charge in [-0.3, -0.25) is 4.99 Å². The van der Waals surface area contributed by atoms with Crippen LogP contribution in [0.4, 0.5) is 0 Å². The molecular weight excluding hydrogens is 318 g/mol. The van der Waals surface area contributed by atoms with Crippen LogP contribution in [0.5, 0.6) is 11.5 Å². The van der Waals surface area contributed by atoms with E-state index < -0.39 is 0 Å². The monoisotopic (exact) mass is 341 g/mol. The highest BCUT2D eigenvalue weighted by Crippen LogP contribution is 2.37. The van der Waals surface area contributed by atoms with E-state index in [-0.39, 0.29) is 6.04 Å². The van der Waals surface area contributed by atoms with Crippen molar-refractivity contribution in [2.45, 2.75) is 25.9 Å². The number of guanidine groups is 1. The quantitative estimate of drug-likeness (QED) is 0.635. The molecule has 2 rings (SSSR count). The first-order valence-corrected chi connectivity index (χ1v) is 8.06. The molecule has 1 unspecified atom stereocenters. The first kappa shape index (κ1) is 17.7. The van der Waals surface area contributed by atoms with Gasteiger partial charge >= 0.3 is 0 Å². The molecule has 0 saturated carbocycles. The molecule has 0 bridgehead atoms. The molecule has 1 aromatic rings. The highest BCUT2D eigenvalue weighted by molar-refractivity contribution is 6.32. The molecule has 1 aliphatic rings. The molecule has 2 N–H and O–H groups in total. The fourth-order valence-corrected chi connectivity index (χ4v) is 2.58. The predicted molar refractivity (Wildman–Crippen MR) is 91.7 cm³/mol. The fraction of sp³-hybridized carbons (Fsp3) is 0.562. The minimum atomic E-state index is 0.165. The minimum Gasteiger partial charge on any atom is -0.489 e. The van der Waals surface area contributed by atoms with Crippen molar-refractivity contribution in [3.05, 3.63) is 22.7 Å². The molecule has 1 heterocycles. The second-order valence-corrected chi connectivity index (χ2v) is 5.79. The van der Waals surface area contributed by atoms with E-state index in [1.807, 2.05) is 19.1 Å². The first-order chi connectivity index (χ1) is 11.1. The molecule has 0 spiro atoms. The van der Waals surface area contributed by atoms with Gasteiger partial charge < -0.3 is 24.8 Å². The van der Waals surface area contributed by atoms with E-state index in [2.05, 4.69) is 15.6 Å². The third kappa shape index (κ3) is 5.18. The Hall–Kier alpha value is -1.66. The third-order valence-corrected chi connectivity index (χ3v) is 3.63. The van der Waals surface area contributed by atoms with Crippen LogP contribution in [-0.4, -0.2) is 46.0 Å². The van der Waals surface area contributed by atoms with E-state index in [1.165, 1.54) is 0 Å². The lowest BCUT2D eigenvalue weighted by Gasteiger charge is -2.18. The maximum Gasteiger partial charge on any atom is 0.191 e. The standard InChI is InChI=1S/C16H24ClN3O3/c1-11(10-21-3)20-16(18-2)19-9-12-7-13(17)15-14(8-12)22-5-4-6-23-15/h7-8,11H,4-6,9-10H2,1-3H3,(H2,18,19,20). The Labute approximate surface area is 142 Å². The Morgan fingerprint density at radius 3 is 2.91 bits per heavy atom. The van der Waals surface area contributed by atoms with Gasteiger partial charge in [-0.2, -0.15) is 0 Å². The van der Waals surface area contributed by atoms with Crippen LogP contribution in [0.2, 0.25) is 5.02 Å². The van der Waals surface area contributed by atoms with Crippen LogP contribution < -0.4 is 20.1 Å². The molecule has 0 saturated heterocycles. The maximum absolute atomic E-state index is 6.30. The number of nitrogens with zero attached hydrogens (tertiary/aromatic N) is 1.